The van der Waals surface area contributed by atoms with Crippen LogP contribution in [0.4, 0.5) is 0 Å². The zero-order valence-electron chi connectivity index (χ0n) is 17.5. The van der Waals surface area contributed by atoms with E-state index in [0.717, 1.165) is 11.1 Å². The minimum Gasteiger partial charge on any atom is -0.507 e. The Morgan fingerprint density at radius 1 is 1.19 bits per heavy atom. The molecular formula is C24H22N2O5. The molecule has 1 aliphatic rings. The van der Waals surface area contributed by atoms with Crippen LogP contribution in [0.3, 0.4) is 0 Å². The number of methoxy groups -OCH3 is 1. The molecule has 0 saturated carbocycles. The lowest BCUT2D eigenvalue weighted by molar-refractivity contribution is -0.140. The summed E-state index contributed by atoms with van der Waals surface area (Å²) >= 11 is 0. The number of hydrogen-bond acceptors (Lipinski definition) is 6. The summed E-state index contributed by atoms with van der Waals surface area (Å²) in [6, 6.07) is 9.71. The zero-order chi connectivity index (χ0) is 22.1. The van der Waals surface area contributed by atoms with Crippen LogP contribution >= 0.6 is 0 Å². The van der Waals surface area contributed by atoms with E-state index < -0.39 is 17.7 Å². The standard InChI is InChI=1S/C24H22N2O5/c1-14-11-19(30-3)15(2)10-18(14)22(27)20-21(16-6-4-8-25-12-16)26(24(29)23(20)28)13-17-7-5-9-31-17/h4-12,21,27H,13H2,1-3H3/b22-20+. The second-order valence-corrected chi connectivity index (χ2v) is 7.43. The van der Waals surface area contributed by atoms with Crippen molar-refractivity contribution in [1.82, 2.24) is 9.88 Å². The number of amides is 1. The molecule has 3 heterocycles. The number of rotatable bonds is 5. The summed E-state index contributed by atoms with van der Waals surface area (Å²) in [4.78, 5) is 31.6. The number of benzene rings is 1. The number of furan rings is 1. The fourth-order valence-corrected chi connectivity index (χ4v) is 3.91. The molecular weight excluding hydrogens is 396 g/mol. The number of ether oxygens (including phenoxy) is 1. The van der Waals surface area contributed by atoms with Gasteiger partial charge in [-0.15, -0.1) is 0 Å². The first-order valence-corrected chi connectivity index (χ1v) is 9.78. The Hall–Kier alpha value is -3.87. The van der Waals surface area contributed by atoms with E-state index >= 15 is 0 Å². The maximum absolute atomic E-state index is 13.1. The summed E-state index contributed by atoms with van der Waals surface area (Å²) in [7, 11) is 1.57. The van der Waals surface area contributed by atoms with E-state index in [1.54, 1.807) is 55.9 Å². The fraction of sp³-hybridized carbons (Fsp3) is 0.208. The van der Waals surface area contributed by atoms with Crippen LogP contribution in [0, 0.1) is 13.8 Å². The molecule has 4 rings (SSSR count). The molecule has 7 heteroatoms. The van der Waals surface area contributed by atoms with Crippen molar-refractivity contribution >= 4 is 17.4 Å². The highest BCUT2D eigenvalue weighted by Crippen LogP contribution is 2.41. The van der Waals surface area contributed by atoms with E-state index in [0.29, 0.717) is 22.6 Å². The number of ketones is 1. The number of carbonyl (C=O) groups is 2. The Balaban J connectivity index is 1.89. The molecule has 1 unspecified atom stereocenters. The maximum atomic E-state index is 13.1. The van der Waals surface area contributed by atoms with Gasteiger partial charge in [0.05, 0.1) is 31.5 Å². The van der Waals surface area contributed by atoms with Crippen molar-refractivity contribution in [2.24, 2.45) is 0 Å². The molecule has 7 nitrogen and oxygen atoms in total. The van der Waals surface area contributed by atoms with Crippen molar-refractivity contribution in [3.63, 3.8) is 0 Å². The third-order valence-electron chi connectivity index (χ3n) is 5.44. The van der Waals surface area contributed by atoms with E-state index in [1.807, 2.05) is 13.8 Å². The number of likely N-dealkylation sites (tertiary alicyclic amines) is 1. The second-order valence-electron chi connectivity index (χ2n) is 7.43. The SMILES string of the molecule is COc1cc(C)c(/C(O)=C2\C(=O)C(=O)N(Cc3ccco3)C2c2cccnc2)cc1C. The highest BCUT2D eigenvalue weighted by molar-refractivity contribution is 6.46. The predicted octanol–water partition coefficient (Wildman–Crippen LogP) is 3.92. The van der Waals surface area contributed by atoms with Crippen LogP contribution in [-0.2, 0) is 16.1 Å². The van der Waals surface area contributed by atoms with Crippen molar-refractivity contribution in [3.05, 3.63) is 88.6 Å². The summed E-state index contributed by atoms with van der Waals surface area (Å²) in [5.74, 6) is -0.457. The topological polar surface area (TPSA) is 92.9 Å². The van der Waals surface area contributed by atoms with Gasteiger partial charge in [-0.2, -0.15) is 0 Å². The molecule has 158 valence electrons. The van der Waals surface area contributed by atoms with Gasteiger partial charge >= 0.3 is 0 Å². The highest BCUT2D eigenvalue weighted by Gasteiger charge is 2.46. The maximum Gasteiger partial charge on any atom is 0.296 e. The van der Waals surface area contributed by atoms with Gasteiger partial charge in [0.1, 0.15) is 17.3 Å². The van der Waals surface area contributed by atoms with Gasteiger partial charge in [0.15, 0.2) is 0 Å². The number of pyridine rings is 1. The van der Waals surface area contributed by atoms with Gasteiger partial charge in [-0.25, -0.2) is 0 Å². The third-order valence-corrected chi connectivity index (χ3v) is 5.44. The van der Waals surface area contributed by atoms with Crippen LogP contribution in [0.15, 0.2) is 65.0 Å². The van der Waals surface area contributed by atoms with Gasteiger partial charge in [-0.1, -0.05) is 6.07 Å². The fourth-order valence-electron chi connectivity index (χ4n) is 3.91. The van der Waals surface area contributed by atoms with Crippen molar-refractivity contribution in [3.8, 4) is 5.75 Å². The average molecular weight is 418 g/mol. The largest absolute Gasteiger partial charge is 0.507 e. The molecule has 1 N–H and O–H groups in total. The zero-order valence-corrected chi connectivity index (χ0v) is 17.5. The van der Waals surface area contributed by atoms with Gasteiger partial charge in [-0.3, -0.25) is 14.6 Å². The van der Waals surface area contributed by atoms with E-state index in [9.17, 15) is 14.7 Å². The first-order chi connectivity index (χ1) is 14.9. The van der Waals surface area contributed by atoms with Gasteiger partial charge < -0.3 is 19.2 Å². The Bertz CT molecular complexity index is 1170. The summed E-state index contributed by atoms with van der Waals surface area (Å²) in [6.45, 7) is 3.76. The number of nitrogens with zero attached hydrogens (tertiary/aromatic N) is 2. The normalized spacial score (nSPS) is 17.9. The summed E-state index contributed by atoms with van der Waals surface area (Å²) in [6.07, 6.45) is 4.71. The Labute approximate surface area is 179 Å². The van der Waals surface area contributed by atoms with Crippen LogP contribution < -0.4 is 4.74 Å². The molecule has 1 amide bonds. The second kappa shape index (κ2) is 8.10. The smallest absolute Gasteiger partial charge is 0.296 e. The molecule has 2 aromatic heterocycles. The van der Waals surface area contributed by atoms with Gasteiger partial charge in [0.2, 0.25) is 0 Å². The van der Waals surface area contributed by atoms with Gasteiger partial charge in [0, 0.05) is 18.0 Å². The number of Topliss-reactive ketones (excluding diaryl/α,β-unsaturated/α-hetero) is 1. The summed E-state index contributed by atoms with van der Waals surface area (Å²) in [5, 5.41) is 11.2. The molecule has 0 bridgehead atoms. The Morgan fingerprint density at radius 3 is 2.65 bits per heavy atom. The molecule has 0 spiro atoms. The number of aliphatic hydroxyl groups is 1. The number of aromatic nitrogens is 1. The number of aryl methyl sites for hydroxylation is 2. The molecule has 1 atom stereocenters. The first kappa shape index (κ1) is 20.4. The number of hydrogen-bond donors (Lipinski definition) is 1. The van der Waals surface area contributed by atoms with Crippen molar-refractivity contribution in [2.45, 2.75) is 26.4 Å². The number of aliphatic hydroxyl groups excluding tert-OH is 1. The van der Waals surface area contributed by atoms with Crippen LogP contribution in [0.5, 0.6) is 5.75 Å². The molecule has 1 fully saturated rings. The minimum absolute atomic E-state index is 0.0252. The molecule has 1 aliphatic heterocycles. The molecule has 3 aromatic rings. The summed E-state index contributed by atoms with van der Waals surface area (Å²) < 4.78 is 10.7. The molecule has 1 saturated heterocycles. The van der Waals surface area contributed by atoms with E-state index in [2.05, 4.69) is 4.98 Å². The van der Waals surface area contributed by atoms with E-state index in [1.165, 1.54) is 11.2 Å². The van der Waals surface area contributed by atoms with Gasteiger partial charge in [-0.05, 0) is 60.9 Å². The van der Waals surface area contributed by atoms with E-state index in [-0.39, 0.29) is 17.9 Å². The van der Waals surface area contributed by atoms with Crippen LogP contribution in [0.1, 0.15) is 34.1 Å². The highest BCUT2D eigenvalue weighted by atomic mass is 16.5. The van der Waals surface area contributed by atoms with Crippen molar-refractivity contribution in [2.75, 3.05) is 7.11 Å². The Kier molecular flexibility index (Phi) is 5.33. The van der Waals surface area contributed by atoms with Crippen molar-refractivity contribution < 1.29 is 23.8 Å². The molecule has 31 heavy (non-hydrogen) atoms. The molecule has 0 aliphatic carbocycles. The molecule has 0 radical (unpaired) electrons. The summed E-state index contributed by atoms with van der Waals surface area (Å²) in [5.41, 5.74) is 2.65. The lowest BCUT2D eigenvalue weighted by Gasteiger charge is -2.24. The first-order valence-electron chi connectivity index (χ1n) is 9.78. The molecule has 1 aromatic carbocycles. The Morgan fingerprint density at radius 2 is 2.00 bits per heavy atom. The van der Waals surface area contributed by atoms with E-state index in [4.69, 9.17) is 9.15 Å². The quantitative estimate of drug-likeness (QED) is 0.384. The van der Waals surface area contributed by atoms with Crippen molar-refractivity contribution in [1.29, 1.82) is 0 Å². The lowest BCUT2D eigenvalue weighted by Crippen LogP contribution is -2.29. The van der Waals surface area contributed by atoms with Crippen LogP contribution in [0.25, 0.3) is 5.76 Å². The number of carbonyl (C=O) groups excluding carboxylic acids is 2. The predicted molar refractivity (Wildman–Crippen MR) is 113 cm³/mol. The third kappa shape index (κ3) is 3.59. The minimum atomic E-state index is -0.791. The lowest BCUT2D eigenvalue weighted by atomic mass is 9.93. The van der Waals surface area contributed by atoms with Crippen LogP contribution in [-0.4, -0.2) is 33.8 Å². The van der Waals surface area contributed by atoms with Crippen LogP contribution in [0.2, 0.25) is 0 Å². The average Bonchev–Trinajstić information content (AvgIpc) is 3.37. The van der Waals surface area contributed by atoms with Gasteiger partial charge in [0.25, 0.3) is 11.7 Å². The monoisotopic (exact) mass is 418 g/mol.